The summed E-state index contributed by atoms with van der Waals surface area (Å²) in [4.78, 5) is 4.45. The van der Waals surface area contributed by atoms with E-state index in [0.29, 0.717) is 13.0 Å². The average molecular weight is 278 g/mol. The summed E-state index contributed by atoms with van der Waals surface area (Å²) in [6, 6.07) is 0.267. The molecule has 1 saturated heterocycles. The van der Waals surface area contributed by atoms with Crippen molar-refractivity contribution in [2.45, 2.75) is 12.5 Å². The molecule has 6 nitrogen and oxygen atoms in total. The monoisotopic (exact) mass is 278 g/mol. The quantitative estimate of drug-likeness (QED) is 0.571. The molecule has 0 bridgehead atoms. The van der Waals surface area contributed by atoms with Gasteiger partial charge in [0.05, 0.1) is 5.75 Å². The Balaban J connectivity index is 2.34. The third kappa shape index (κ3) is 5.62. The summed E-state index contributed by atoms with van der Waals surface area (Å²) in [5, 5.41) is 2.95. The van der Waals surface area contributed by atoms with Crippen LogP contribution in [0.5, 0.6) is 0 Å². The highest BCUT2D eigenvalue weighted by Crippen LogP contribution is 2.05. The highest BCUT2D eigenvalue weighted by Gasteiger charge is 2.23. The van der Waals surface area contributed by atoms with Gasteiger partial charge in [0.15, 0.2) is 0 Å². The van der Waals surface area contributed by atoms with Crippen LogP contribution in [0.4, 0.5) is 0 Å². The molecular weight excluding hydrogens is 252 g/mol. The Morgan fingerprint density at radius 1 is 1.28 bits per heavy atom. The second-order valence-corrected chi connectivity index (χ2v) is 6.95. The summed E-state index contributed by atoms with van der Waals surface area (Å²) in [5.74, 6) is 0.195. The highest BCUT2D eigenvalue weighted by atomic mass is 32.2. The smallest absolute Gasteiger partial charge is 0.211 e. The molecule has 0 radical (unpaired) electrons. The number of piperazine rings is 1. The van der Waals surface area contributed by atoms with Crippen LogP contribution in [0.3, 0.4) is 0 Å². The zero-order valence-corrected chi connectivity index (χ0v) is 12.5. The second kappa shape index (κ2) is 7.40. The van der Waals surface area contributed by atoms with Crippen LogP contribution in [0.2, 0.25) is 0 Å². The largest absolute Gasteiger partial charge is 0.320 e. The minimum atomic E-state index is -3.13. The number of hydrogen-bond donors (Lipinski definition) is 2. The van der Waals surface area contributed by atoms with Gasteiger partial charge in [0, 0.05) is 32.2 Å². The molecule has 0 aromatic carbocycles. The van der Waals surface area contributed by atoms with Crippen LogP contribution in [0.15, 0.2) is 0 Å². The van der Waals surface area contributed by atoms with Gasteiger partial charge in [-0.05, 0) is 34.1 Å². The van der Waals surface area contributed by atoms with E-state index < -0.39 is 10.0 Å². The minimum Gasteiger partial charge on any atom is -0.320 e. The van der Waals surface area contributed by atoms with Crippen LogP contribution in [0.1, 0.15) is 6.42 Å². The van der Waals surface area contributed by atoms with Crippen molar-refractivity contribution < 1.29 is 8.42 Å². The number of nitrogens with zero attached hydrogens (tertiary/aromatic N) is 2. The predicted octanol–water partition coefficient (Wildman–Crippen LogP) is -1.24. The molecule has 1 unspecified atom stereocenters. The van der Waals surface area contributed by atoms with Gasteiger partial charge in [0.1, 0.15) is 0 Å². The molecule has 0 aromatic heterocycles. The molecule has 1 heterocycles. The van der Waals surface area contributed by atoms with Gasteiger partial charge in [-0.3, -0.25) is 4.90 Å². The summed E-state index contributed by atoms with van der Waals surface area (Å²) in [6.45, 7) is 4.18. The fraction of sp³-hybridized carbons (Fsp3) is 1.00. The molecule has 7 heteroatoms. The molecule has 0 amide bonds. The van der Waals surface area contributed by atoms with Gasteiger partial charge in [-0.25, -0.2) is 13.1 Å². The van der Waals surface area contributed by atoms with E-state index in [0.717, 1.165) is 26.2 Å². The first-order valence-corrected chi connectivity index (χ1v) is 8.10. The van der Waals surface area contributed by atoms with Crippen LogP contribution in [0, 0.1) is 0 Å². The molecule has 1 rings (SSSR count). The van der Waals surface area contributed by atoms with Crippen molar-refractivity contribution in [3.8, 4) is 0 Å². The SMILES string of the molecule is CNCCCS(=O)(=O)NCC1CN(C)CCN1C. The fourth-order valence-corrected chi connectivity index (χ4v) is 3.17. The molecule has 0 saturated carbocycles. The average Bonchev–Trinajstić information content (AvgIpc) is 2.31. The van der Waals surface area contributed by atoms with E-state index in [9.17, 15) is 8.42 Å². The van der Waals surface area contributed by atoms with Crippen LogP contribution in [-0.2, 0) is 10.0 Å². The number of rotatable bonds is 7. The van der Waals surface area contributed by atoms with E-state index in [2.05, 4.69) is 26.9 Å². The summed E-state index contributed by atoms with van der Waals surface area (Å²) in [6.07, 6.45) is 0.645. The Morgan fingerprint density at radius 2 is 2.00 bits per heavy atom. The van der Waals surface area contributed by atoms with Crippen LogP contribution in [0.25, 0.3) is 0 Å². The molecule has 1 aliphatic rings. The molecule has 108 valence electrons. The lowest BCUT2D eigenvalue weighted by molar-refractivity contribution is 0.117. The highest BCUT2D eigenvalue weighted by molar-refractivity contribution is 7.89. The molecule has 0 aliphatic carbocycles. The second-order valence-electron chi connectivity index (χ2n) is 5.02. The van der Waals surface area contributed by atoms with E-state index in [4.69, 9.17) is 0 Å². The zero-order chi connectivity index (χ0) is 13.6. The lowest BCUT2D eigenvalue weighted by atomic mass is 10.2. The normalized spacial score (nSPS) is 23.4. The molecule has 1 atom stereocenters. The van der Waals surface area contributed by atoms with Crippen LogP contribution >= 0.6 is 0 Å². The lowest BCUT2D eigenvalue weighted by Gasteiger charge is -2.37. The Morgan fingerprint density at radius 3 is 2.67 bits per heavy atom. The molecule has 1 aliphatic heterocycles. The number of sulfonamides is 1. The van der Waals surface area contributed by atoms with Crippen molar-refractivity contribution in [2.24, 2.45) is 0 Å². The summed E-state index contributed by atoms with van der Waals surface area (Å²) in [5.41, 5.74) is 0. The Kier molecular flexibility index (Phi) is 6.51. The number of nitrogens with one attached hydrogen (secondary N) is 2. The maximum atomic E-state index is 11.8. The van der Waals surface area contributed by atoms with Gasteiger partial charge in [0.25, 0.3) is 0 Å². The Hall–Kier alpha value is -0.210. The molecule has 2 N–H and O–H groups in total. The van der Waals surface area contributed by atoms with E-state index in [1.165, 1.54) is 0 Å². The lowest BCUT2D eigenvalue weighted by Crippen LogP contribution is -2.54. The van der Waals surface area contributed by atoms with Crippen molar-refractivity contribution in [1.29, 1.82) is 0 Å². The number of hydrogen-bond acceptors (Lipinski definition) is 5. The van der Waals surface area contributed by atoms with Gasteiger partial charge in [-0.1, -0.05) is 0 Å². The van der Waals surface area contributed by atoms with E-state index in [-0.39, 0.29) is 11.8 Å². The fourth-order valence-electron chi connectivity index (χ4n) is 2.06. The van der Waals surface area contributed by atoms with Crippen LogP contribution < -0.4 is 10.0 Å². The van der Waals surface area contributed by atoms with Gasteiger partial charge >= 0.3 is 0 Å². The topological polar surface area (TPSA) is 64.7 Å². The van der Waals surface area contributed by atoms with Gasteiger partial charge in [-0.2, -0.15) is 0 Å². The third-order valence-electron chi connectivity index (χ3n) is 3.36. The minimum absolute atomic E-state index is 0.195. The molecule has 1 fully saturated rings. The number of likely N-dealkylation sites (N-methyl/N-ethyl adjacent to an activating group) is 2. The predicted molar refractivity (Wildman–Crippen MR) is 74.2 cm³/mol. The Bertz CT molecular complexity index is 334. The van der Waals surface area contributed by atoms with Gasteiger partial charge < -0.3 is 10.2 Å². The van der Waals surface area contributed by atoms with Crippen molar-refractivity contribution in [2.75, 3.05) is 59.6 Å². The first kappa shape index (κ1) is 15.8. The maximum absolute atomic E-state index is 11.8. The third-order valence-corrected chi connectivity index (χ3v) is 4.79. The first-order chi connectivity index (χ1) is 8.44. The Labute approximate surface area is 111 Å². The zero-order valence-electron chi connectivity index (χ0n) is 11.6. The summed E-state index contributed by atoms with van der Waals surface area (Å²) in [7, 11) is 2.82. The van der Waals surface area contributed by atoms with Crippen molar-refractivity contribution >= 4 is 10.0 Å². The summed E-state index contributed by atoms with van der Waals surface area (Å²) < 4.78 is 26.2. The van der Waals surface area contributed by atoms with Crippen LogP contribution in [-0.4, -0.2) is 83.9 Å². The molecular formula is C11H26N4O2S. The van der Waals surface area contributed by atoms with Crippen molar-refractivity contribution in [3.05, 3.63) is 0 Å². The van der Waals surface area contributed by atoms with Gasteiger partial charge in [0.2, 0.25) is 10.0 Å². The van der Waals surface area contributed by atoms with Gasteiger partial charge in [-0.15, -0.1) is 0 Å². The first-order valence-electron chi connectivity index (χ1n) is 6.45. The molecule has 18 heavy (non-hydrogen) atoms. The molecule has 0 aromatic rings. The van der Waals surface area contributed by atoms with E-state index >= 15 is 0 Å². The van der Waals surface area contributed by atoms with E-state index in [1.54, 1.807) is 0 Å². The van der Waals surface area contributed by atoms with Crippen molar-refractivity contribution in [1.82, 2.24) is 19.8 Å². The molecule has 0 spiro atoms. The van der Waals surface area contributed by atoms with E-state index in [1.807, 2.05) is 14.1 Å². The van der Waals surface area contributed by atoms with Crippen molar-refractivity contribution in [3.63, 3.8) is 0 Å². The standard InChI is InChI=1S/C11H26N4O2S/c1-12-5-4-8-18(16,17)13-9-11-10-14(2)6-7-15(11)3/h11-13H,4-10H2,1-3H3. The summed E-state index contributed by atoms with van der Waals surface area (Å²) >= 11 is 0. The maximum Gasteiger partial charge on any atom is 0.211 e.